The van der Waals surface area contributed by atoms with Crippen molar-refractivity contribution in [1.82, 2.24) is 9.97 Å². The molecule has 0 unspecified atom stereocenters. The van der Waals surface area contributed by atoms with Crippen molar-refractivity contribution in [1.29, 1.82) is 0 Å². The summed E-state index contributed by atoms with van der Waals surface area (Å²) in [5.74, 6) is -0.0142. The van der Waals surface area contributed by atoms with Gasteiger partial charge >= 0.3 is 12.2 Å². The lowest BCUT2D eigenvalue weighted by Crippen LogP contribution is -2.12. The lowest BCUT2D eigenvalue weighted by atomic mass is 10.0. The fourth-order valence-electron chi connectivity index (χ4n) is 2.55. The summed E-state index contributed by atoms with van der Waals surface area (Å²) in [5, 5.41) is 2.73. The monoisotopic (exact) mass is 387 g/mol. The number of rotatable bonds is 6. The number of ether oxygens (including phenoxy) is 1. The highest BCUT2D eigenvalue weighted by molar-refractivity contribution is 5.60. The average Bonchev–Trinajstić information content (AvgIpc) is 2.67. The van der Waals surface area contributed by atoms with Crippen LogP contribution in [0.15, 0.2) is 60.8 Å². The molecule has 0 spiro atoms. The van der Waals surface area contributed by atoms with Gasteiger partial charge in [0.2, 0.25) is 0 Å². The fraction of sp³-hybridized carbons (Fsp3) is 0.238. The smallest absolute Gasteiger partial charge is 0.421 e. The van der Waals surface area contributed by atoms with Gasteiger partial charge < -0.3 is 10.1 Å². The van der Waals surface area contributed by atoms with E-state index < -0.39 is 11.7 Å². The summed E-state index contributed by atoms with van der Waals surface area (Å²) >= 11 is 0. The minimum Gasteiger partial charge on any atom is -0.459 e. The first kappa shape index (κ1) is 19.7. The number of halogens is 3. The zero-order chi connectivity index (χ0) is 20.1. The number of hydrogen-bond acceptors (Lipinski definition) is 4. The van der Waals surface area contributed by atoms with Crippen molar-refractivity contribution in [2.24, 2.45) is 0 Å². The molecule has 0 aliphatic rings. The van der Waals surface area contributed by atoms with Crippen LogP contribution in [0.3, 0.4) is 0 Å². The summed E-state index contributed by atoms with van der Waals surface area (Å²) < 4.78 is 45.5. The lowest BCUT2D eigenvalue weighted by Gasteiger charge is -2.15. The molecule has 0 bridgehead atoms. The van der Waals surface area contributed by atoms with Gasteiger partial charge in [-0.2, -0.15) is 18.2 Å². The van der Waals surface area contributed by atoms with E-state index in [1.54, 1.807) is 12.1 Å². The summed E-state index contributed by atoms with van der Waals surface area (Å²) in [6, 6.07) is 16.3. The zero-order valence-electron chi connectivity index (χ0n) is 15.5. The molecule has 0 saturated carbocycles. The van der Waals surface area contributed by atoms with Gasteiger partial charge in [-0.3, -0.25) is 0 Å². The molecule has 1 heterocycles. The molecule has 0 amide bonds. The Balaban J connectivity index is 1.83. The molecule has 4 nitrogen and oxygen atoms in total. The Morgan fingerprint density at radius 1 is 1.00 bits per heavy atom. The molecular formula is C21H20F3N3O. The molecule has 7 heteroatoms. The lowest BCUT2D eigenvalue weighted by molar-refractivity contribution is -0.137. The maximum Gasteiger partial charge on any atom is 0.421 e. The molecule has 2 aromatic carbocycles. The van der Waals surface area contributed by atoms with Crippen LogP contribution in [0.25, 0.3) is 0 Å². The van der Waals surface area contributed by atoms with Gasteiger partial charge in [0.05, 0.1) is 0 Å². The van der Waals surface area contributed by atoms with Gasteiger partial charge in [-0.25, -0.2) is 4.98 Å². The number of anilines is 2. The van der Waals surface area contributed by atoms with Crippen LogP contribution in [0.1, 0.15) is 36.5 Å². The van der Waals surface area contributed by atoms with E-state index in [1.807, 2.05) is 56.3 Å². The standard InChI is InChI=1S/C21H20F3N3O/c1-14(2)16-8-10-17(11-9-16)26-19-18(21(22,23)24)12-25-20(27-19)28-13-15-6-4-3-5-7-15/h3-12,14H,13H2,1-2H3,(H,25,26,27). The van der Waals surface area contributed by atoms with Crippen molar-refractivity contribution in [3.05, 3.63) is 77.5 Å². The Morgan fingerprint density at radius 2 is 1.68 bits per heavy atom. The maximum absolute atomic E-state index is 13.3. The van der Waals surface area contributed by atoms with E-state index in [0.29, 0.717) is 11.6 Å². The van der Waals surface area contributed by atoms with Gasteiger partial charge in [-0.15, -0.1) is 0 Å². The van der Waals surface area contributed by atoms with E-state index in [0.717, 1.165) is 17.3 Å². The second-order valence-corrected chi connectivity index (χ2v) is 6.59. The Morgan fingerprint density at radius 3 is 2.29 bits per heavy atom. The molecule has 0 radical (unpaired) electrons. The minimum atomic E-state index is -4.59. The van der Waals surface area contributed by atoms with Crippen LogP contribution in [0.5, 0.6) is 6.01 Å². The molecule has 3 aromatic rings. The molecule has 146 valence electrons. The number of benzene rings is 2. The number of nitrogens with zero attached hydrogens (tertiary/aromatic N) is 2. The highest BCUT2D eigenvalue weighted by Crippen LogP contribution is 2.35. The van der Waals surface area contributed by atoms with E-state index in [2.05, 4.69) is 15.3 Å². The molecule has 0 saturated heterocycles. The van der Waals surface area contributed by atoms with Crippen molar-refractivity contribution in [3.63, 3.8) is 0 Å². The third-order valence-corrected chi connectivity index (χ3v) is 4.12. The molecule has 1 aromatic heterocycles. The SMILES string of the molecule is CC(C)c1ccc(Nc2nc(OCc3ccccc3)ncc2C(F)(F)F)cc1. The summed E-state index contributed by atoms with van der Waals surface area (Å²) in [7, 11) is 0. The maximum atomic E-state index is 13.3. The largest absolute Gasteiger partial charge is 0.459 e. The molecule has 3 rings (SSSR count). The Hall–Kier alpha value is -3.09. The van der Waals surface area contributed by atoms with Crippen LogP contribution in [0.2, 0.25) is 0 Å². The fourth-order valence-corrected chi connectivity index (χ4v) is 2.55. The first-order valence-electron chi connectivity index (χ1n) is 8.81. The second-order valence-electron chi connectivity index (χ2n) is 6.59. The van der Waals surface area contributed by atoms with E-state index in [-0.39, 0.29) is 18.4 Å². The van der Waals surface area contributed by atoms with Gasteiger partial charge in [0.1, 0.15) is 18.0 Å². The van der Waals surface area contributed by atoms with Crippen LogP contribution in [0.4, 0.5) is 24.7 Å². The quantitative estimate of drug-likeness (QED) is 0.568. The number of nitrogens with one attached hydrogen (secondary N) is 1. The molecule has 0 fully saturated rings. The average molecular weight is 387 g/mol. The highest BCUT2D eigenvalue weighted by Gasteiger charge is 2.35. The van der Waals surface area contributed by atoms with Gasteiger partial charge in [0, 0.05) is 11.9 Å². The van der Waals surface area contributed by atoms with Gasteiger partial charge in [0.15, 0.2) is 0 Å². The van der Waals surface area contributed by atoms with Crippen molar-refractivity contribution in [2.75, 3.05) is 5.32 Å². The van der Waals surface area contributed by atoms with Crippen LogP contribution in [-0.4, -0.2) is 9.97 Å². The summed E-state index contributed by atoms with van der Waals surface area (Å²) in [5.41, 5.74) is 1.51. The predicted molar refractivity (Wildman–Crippen MR) is 102 cm³/mol. The predicted octanol–water partition coefficient (Wildman–Crippen LogP) is 5.94. The molecule has 1 N–H and O–H groups in total. The van der Waals surface area contributed by atoms with Crippen LogP contribution in [-0.2, 0) is 12.8 Å². The molecular weight excluding hydrogens is 367 g/mol. The molecule has 28 heavy (non-hydrogen) atoms. The summed E-state index contributed by atoms with van der Waals surface area (Å²) in [6.07, 6.45) is -3.85. The number of hydrogen-bond donors (Lipinski definition) is 1. The van der Waals surface area contributed by atoms with Gasteiger partial charge in [0.25, 0.3) is 0 Å². The van der Waals surface area contributed by atoms with Gasteiger partial charge in [-0.1, -0.05) is 56.3 Å². The van der Waals surface area contributed by atoms with Crippen molar-refractivity contribution in [3.8, 4) is 6.01 Å². The topological polar surface area (TPSA) is 47.0 Å². The first-order chi connectivity index (χ1) is 13.3. The minimum absolute atomic E-state index is 0.127. The zero-order valence-corrected chi connectivity index (χ0v) is 15.5. The second kappa shape index (κ2) is 8.29. The molecule has 0 atom stereocenters. The number of alkyl halides is 3. The first-order valence-corrected chi connectivity index (χ1v) is 8.81. The Labute approximate surface area is 161 Å². The van der Waals surface area contributed by atoms with E-state index in [4.69, 9.17) is 4.74 Å². The summed E-state index contributed by atoms with van der Waals surface area (Å²) in [6.45, 7) is 4.25. The van der Waals surface area contributed by atoms with E-state index >= 15 is 0 Å². The van der Waals surface area contributed by atoms with E-state index in [1.165, 1.54) is 0 Å². The molecule has 0 aliphatic carbocycles. The van der Waals surface area contributed by atoms with Gasteiger partial charge in [-0.05, 0) is 29.2 Å². The van der Waals surface area contributed by atoms with Crippen LogP contribution >= 0.6 is 0 Å². The molecule has 0 aliphatic heterocycles. The normalized spacial score (nSPS) is 11.5. The Bertz CT molecular complexity index is 910. The number of aromatic nitrogens is 2. The van der Waals surface area contributed by atoms with Crippen LogP contribution < -0.4 is 10.1 Å². The van der Waals surface area contributed by atoms with Crippen molar-refractivity contribution < 1.29 is 17.9 Å². The Kier molecular flexibility index (Phi) is 5.82. The third-order valence-electron chi connectivity index (χ3n) is 4.12. The van der Waals surface area contributed by atoms with Crippen molar-refractivity contribution in [2.45, 2.75) is 32.5 Å². The summed E-state index contributed by atoms with van der Waals surface area (Å²) in [4.78, 5) is 7.65. The van der Waals surface area contributed by atoms with Crippen molar-refractivity contribution >= 4 is 11.5 Å². The third kappa shape index (κ3) is 5.00. The highest BCUT2D eigenvalue weighted by atomic mass is 19.4. The van der Waals surface area contributed by atoms with E-state index in [9.17, 15) is 13.2 Å². The van der Waals surface area contributed by atoms with Crippen LogP contribution in [0, 0.1) is 0 Å².